The summed E-state index contributed by atoms with van der Waals surface area (Å²) in [6.45, 7) is 0. The van der Waals surface area contributed by atoms with E-state index in [4.69, 9.17) is 0 Å². The van der Waals surface area contributed by atoms with Gasteiger partial charge in [-0.1, -0.05) is 30.3 Å². The molecular weight excluding hydrogens is 316 g/mol. The van der Waals surface area contributed by atoms with E-state index in [-0.39, 0.29) is 11.7 Å². The van der Waals surface area contributed by atoms with Crippen LogP contribution in [0.15, 0.2) is 54.6 Å². The monoisotopic (exact) mass is 336 g/mol. The number of hydrogen-bond acceptors (Lipinski definition) is 4. The van der Waals surface area contributed by atoms with Gasteiger partial charge in [-0.2, -0.15) is 5.10 Å². The standard InChI is InChI=1S/C19H20N4O2/c1-22(2)21-19(25)16-10-5-4-9-15(16)17-12-18(23(3)20-17)13-7-6-8-14(24)11-13/h4-12,24H,1-3H3,(H,21,25). The van der Waals surface area contributed by atoms with Crippen LogP contribution in [0.5, 0.6) is 5.75 Å². The number of carbonyl (C=O) groups is 1. The van der Waals surface area contributed by atoms with Gasteiger partial charge in [-0.15, -0.1) is 0 Å². The summed E-state index contributed by atoms with van der Waals surface area (Å²) in [6.07, 6.45) is 0. The second kappa shape index (κ2) is 6.78. The SMILES string of the molecule is CN(C)NC(=O)c1ccccc1-c1cc(-c2cccc(O)c2)n(C)n1. The normalized spacial score (nSPS) is 10.9. The van der Waals surface area contributed by atoms with Gasteiger partial charge in [0.15, 0.2) is 0 Å². The topological polar surface area (TPSA) is 70.4 Å². The van der Waals surface area contributed by atoms with Crippen LogP contribution in [-0.4, -0.2) is 39.9 Å². The van der Waals surface area contributed by atoms with E-state index in [9.17, 15) is 9.90 Å². The van der Waals surface area contributed by atoms with E-state index in [1.54, 1.807) is 48.1 Å². The fourth-order valence-electron chi connectivity index (χ4n) is 2.70. The molecule has 25 heavy (non-hydrogen) atoms. The molecule has 6 heteroatoms. The van der Waals surface area contributed by atoms with E-state index in [0.29, 0.717) is 11.3 Å². The molecule has 128 valence electrons. The molecule has 0 fully saturated rings. The highest BCUT2D eigenvalue weighted by Crippen LogP contribution is 2.29. The van der Waals surface area contributed by atoms with Crippen LogP contribution in [-0.2, 0) is 7.05 Å². The molecule has 1 heterocycles. The third kappa shape index (κ3) is 3.54. The van der Waals surface area contributed by atoms with Crippen molar-refractivity contribution in [3.8, 4) is 28.3 Å². The Labute approximate surface area is 146 Å². The maximum absolute atomic E-state index is 12.4. The number of nitrogens with one attached hydrogen (secondary N) is 1. The Bertz CT molecular complexity index is 915. The van der Waals surface area contributed by atoms with Gasteiger partial charge in [0, 0.05) is 32.3 Å². The Morgan fingerprint density at radius 3 is 2.60 bits per heavy atom. The van der Waals surface area contributed by atoms with E-state index in [2.05, 4.69) is 10.5 Å². The zero-order valence-electron chi connectivity index (χ0n) is 14.4. The summed E-state index contributed by atoms with van der Waals surface area (Å²) < 4.78 is 1.74. The first-order valence-electron chi connectivity index (χ1n) is 7.87. The minimum Gasteiger partial charge on any atom is -0.508 e. The van der Waals surface area contributed by atoms with Crippen LogP contribution >= 0.6 is 0 Å². The number of rotatable bonds is 4. The third-order valence-electron chi connectivity index (χ3n) is 3.79. The minimum atomic E-state index is -0.190. The highest BCUT2D eigenvalue weighted by atomic mass is 16.3. The lowest BCUT2D eigenvalue weighted by Gasteiger charge is -2.13. The maximum atomic E-state index is 12.4. The van der Waals surface area contributed by atoms with Crippen LogP contribution in [0, 0.1) is 0 Å². The fraction of sp³-hybridized carbons (Fsp3) is 0.158. The molecule has 1 aromatic heterocycles. The van der Waals surface area contributed by atoms with Crippen LogP contribution in [0.25, 0.3) is 22.5 Å². The fourth-order valence-corrected chi connectivity index (χ4v) is 2.70. The van der Waals surface area contributed by atoms with Crippen molar-refractivity contribution in [2.24, 2.45) is 7.05 Å². The predicted molar refractivity (Wildman–Crippen MR) is 96.9 cm³/mol. The average Bonchev–Trinajstić information content (AvgIpc) is 2.96. The van der Waals surface area contributed by atoms with E-state index >= 15 is 0 Å². The van der Waals surface area contributed by atoms with Crippen molar-refractivity contribution in [1.29, 1.82) is 0 Å². The summed E-state index contributed by atoms with van der Waals surface area (Å²) in [5.41, 5.74) is 6.48. The first-order chi connectivity index (χ1) is 12.0. The molecule has 2 N–H and O–H groups in total. The molecule has 0 radical (unpaired) electrons. The van der Waals surface area contributed by atoms with Crippen LogP contribution in [0.3, 0.4) is 0 Å². The Kier molecular flexibility index (Phi) is 4.54. The number of phenolic OH excluding ortho intramolecular Hbond substituents is 1. The number of aryl methyl sites for hydroxylation is 1. The number of aromatic hydroxyl groups is 1. The number of carbonyl (C=O) groups excluding carboxylic acids is 1. The van der Waals surface area contributed by atoms with Crippen molar-refractivity contribution in [2.45, 2.75) is 0 Å². The van der Waals surface area contributed by atoms with E-state index < -0.39 is 0 Å². The molecule has 1 amide bonds. The Morgan fingerprint density at radius 2 is 1.88 bits per heavy atom. The lowest BCUT2D eigenvalue weighted by molar-refractivity contribution is 0.0857. The molecule has 0 saturated carbocycles. The molecule has 0 aliphatic heterocycles. The lowest BCUT2D eigenvalue weighted by Crippen LogP contribution is -2.36. The molecule has 3 rings (SSSR count). The Hall–Kier alpha value is -3.12. The minimum absolute atomic E-state index is 0.190. The highest BCUT2D eigenvalue weighted by Gasteiger charge is 2.16. The van der Waals surface area contributed by atoms with Crippen molar-refractivity contribution in [3.63, 3.8) is 0 Å². The van der Waals surface area contributed by atoms with Gasteiger partial charge in [-0.25, -0.2) is 5.01 Å². The van der Waals surface area contributed by atoms with Crippen molar-refractivity contribution in [1.82, 2.24) is 20.2 Å². The zero-order chi connectivity index (χ0) is 18.0. The first kappa shape index (κ1) is 16.7. The van der Waals surface area contributed by atoms with Gasteiger partial charge in [0.2, 0.25) is 0 Å². The molecule has 0 aliphatic rings. The lowest BCUT2D eigenvalue weighted by atomic mass is 10.0. The number of amides is 1. The number of phenols is 1. The smallest absolute Gasteiger partial charge is 0.266 e. The molecule has 0 spiro atoms. The zero-order valence-corrected chi connectivity index (χ0v) is 14.4. The van der Waals surface area contributed by atoms with Gasteiger partial charge >= 0.3 is 0 Å². The summed E-state index contributed by atoms with van der Waals surface area (Å²) in [7, 11) is 5.37. The summed E-state index contributed by atoms with van der Waals surface area (Å²) in [6, 6.07) is 16.3. The quantitative estimate of drug-likeness (QED) is 0.719. The Morgan fingerprint density at radius 1 is 1.12 bits per heavy atom. The van der Waals surface area contributed by atoms with Crippen LogP contribution in [0.2, 0.25) is 0 Å². The van der Waals surface area contributed by atoms with Gasteiger partial charge in [0.05, 0.1) is 17.0 Å². The largest absolute Gasteiger partial charge is 0.508 e. The van der Waals surface area contributed by atoms with Gasteiger partial charge in [-0.05, 0) is 24.3 Å². The van der Waals surface area contributed by atoms with Crippen molar-refractivity contribution < 1.29 is 9.90 Å². The molecule has 0 saturated heterocycles. The van der Waals surface area contributed by atoms with Crippen molar-refractivity contribution in [2.75, 3.05) is 14.1 Å². The number of hydrazine groups is 1. The molecule has 3 aromatic rings. The molecule has 0 unspecified atom stereocenters. The Balaban J connectivity index is 2.04. The molecule has 0 aliphatic carbocycles. The number of hydrogen-bond donors (Lipinski definition) is 2. The predicted octanol–water partition coefficient (Wildman–Crippen LogP) is 2.67. The molecule has 0 bridgehead atoms. The van der Waals surface area contributed by atoms with Gasteiger partial charge in [0.25, 0.3) is 5.91 Å². The maximum Gasteiger partial charge on any atom is 0.266 e. The number of nitrogens with zero attached hydrogens (tertiary/aromatic N) is 3. The second-order valence-electron chi connectivity index (χ2n) is 5.97. The van der Waals surface area contributed by atoms with Gasteiger partial charge < -0.3 is 5.11 Å². The van der Waals surface area contributed by atoms with E-state index in [1.807, 2.05) is 37.4 Å². The van der Waals surface area contributed by atoms with Crippen LogP contribution in [0.1, 0.15) is 10.4 Å². The molecule has 2 aromatic carbocycles. The van der Waals surface area contributed by atoms with Gasteiger partial charge in [-0.3, -0.25) is 14.9 Å². The van der Waals surface area contributed by atoms with E-state index in [0.717, 1.165) is 16.8 Å². The van der Waals surface area contributed by atoms with Crippen LogP contribution in [0.4, 0.5) is 0 Å². The average molecular weight is 336 g/mol. The summed E-state index contributed by atoms with van der Waals surface area (Å²) in [5.74, 6) is 0.0103. The van der Waals surface area contributed by atoms with Crippen molar-refractivity contribution in [3.05, 3.63) is 60.2 Å². The summed E-state index contributed by atoms with van der Waals surface area (Å²) in [4.78, 5) is 12.4. The highest BCUT2D eigenvalue weighted by molar-refractivity contribution is 6.00. The first-order valence-corrected chi connectivity index (χ1v) is 7.87. The van der Waals surface area contributed by atoms with Gasteiger partial charge in [0.1, 0.15) is 5.75 Å². The molecular formula is C19H20N4O2. The molecule has 0 atom stereocenters. The van der Waals surface area contributed by atoms with Crippen molar-refractivity contribution >= 4 is 5.91 Å². The summed E-state index contributed by atoms with van der Waals surface area (Å²) >= 11 is 0. The second-order valence-corrected chi connectivity index (χ2v) is 5.97. The van der Waals surface area contributed by atoms with E-state index in [1.165, 1.54) is 0 Å². The number of aromatic nitrogens is 2. The molecule has 6 nitrogen and oxygen atoms in total. The van der Waals surface area contributed by atoms with Crippen LogP contribution < -0.4 is 5.43 Å². The summed E-state index contributed by atoms with van der Waals surface area (Å²) in [5, 5.41) is 15.9. The number of benzene rings is 2. The third-order valence-corrected chi connectivity index (χ3v) is 3.79.